The zero-order chi connectivity index (χ0) is 14.6. The smallest absolute Gasteiger partial charge is 0.191 e. The van der Waals surface area contributed by atoms with Crippen molar-refractivity contribution in [1.29, 1.82) is 0 Å². The van der Waals surface area contributed by atoms with E-state index < -0.39 is 0 Å². The first-order valence-corrected chi connectivity index (χ1v) is 8.04. The third kappa shape index (κ3) is 9.52. The van der Waals surface area contributed by atoms with E-state index in [9.17, 15) is 0 Å². The van der Waals surface area contributed by atoms with Gasteiger partial charge in [-0.25, -0.2) is 0 Å². The Balaban J connectivity index is 0.00000400. The molecule has 126 valence electrons. The van der Waals surface area contributed by atoms with Gasteiger partial charge in [0, 0.05) is 26.7 Å². The number of rotatable bonds is 8. The van der Waals surface area contributed by atoms with Crippen LogP contribution in [0.3, 0.4) is 0 Å². The first-order chi connectivity index (χ1) is 9.80. The van der Waals surface area contributed by atoms with Gasteiger partial charge in [0.25, 0.3) is 0 Å². The summed E-state index contributed by atoms with van der Waals surface area (Å²) in [6.45, 7) is 11.3. The zero-order valence-corrected chi connectivity index (χ0v) is 16.2. The van der Waals surface area contributed by atoms with E-state index >= 15 is 0 Å². The molecule has 21 heavy (non-hydrogen) atoms. The molecular weight excluding hydrogens is 379 g/mol. The van der Waals surface area contributed by atoms with Crippen LogP contribution < -0.4 is 10.6 Å². The molecule has 0 aromatic carbocycles. The lowest BCUT2D eigenvalue weighted by atomic mass is 9.93. The quantitative estimate of drug-likeness (QED) is 0.277. The number of likely N-dealkylation sites (tertiary alicyclic amines) is 1. The van der Waals surface area contributed by atoms with Crippen molar-refractivity contribution in [2.45, 2.75) is 33.1 Å². The lowest BCUT2D eigenvalue weighted by Gasteiger charge is -2.31. The fraction of sp³-hybridized carbons (Fsp3) is 0.933. The van der Waals surface area contributed by atoms with Gasteiger partial charge in [-0.15, -0.1) is 24.0 Å². The van der Waals surface area contributed by atoms with Crippen LogP contribution in [-0.4, -0.2) is 63.8 Å². The number of nitrogens with one attached hydrogen (secondary N) is 2. The number of ether oxygens (including phenoxy) is 1. The normalized spacial score (nSPS) is 17.4. The van der Waals surface area contributed by atoms with Gasteiger partial charge in [-0.2, -0.15) is 0 Å². The van der Waals surface area contributed by atoms with Crippen LogP contribution >= 0.6 is 24.0 Å². The monoisotopic (exact) mass is 412 g/mol. The summed E-state index contributed by atoms with van der Waals surface area (Å²) in [6, 6.07) is 0. The van der Waals surface area contributed by atoms with E-state index in [1.54, 1.807) is 0 Å². The number of guanidine groups is 1. The van der Waals surface area contributed by atoms with Crippen molar-refractivity contribution in [3.05, 3.63) is 0 Å². The summed E-state index contributed by atoms with van der Waals surface area (Å²) < 4.78 is 5.30. The molecule has 1 aliphatic rings. The van der Waals surface area contributed by atoms with Gasteiger partial charge in [0.15, 0.2) is 5.96 Å². The second kappa shape index (κ2) is 13.6. The van der Waals surface area contributed by atoms with E-state index in [1.807, 2.05) is 14.0 Å². The number of hydrogen-bond donors (Lipinski definition) is 2. The van der Waals surface area contributed by atoms with Crippen LogP contribution in [0, 0.1) is 5.92 Å². The van der Waals surface area contributed by atoms with Crippen molar-refractivity contribution in [2.24, 2.45) is 10.9 Å². The molecule has 0 aliphatic carbocycles. The summed E-state index contributed by atoms with van der Waals surface area (Å²) in [5, 5.41) is 6.65. The molecule has 1 heterocycles. The van der Waals surface area contributed by atoms with Gasteiger partial charge in [-0.05, 0) is 51.7 Å². The van der Waals surface area contributed by atoms with E-state index in [0.29, 0.717) is 0 Å². The van der Waals surface area contributed by atoms with Crippen molar-refractivity contribution < 1.29 is 4.74 Å². The number of halogens is 1. The van der Waals surface area contributed by atoms with E-state index in [2.05, 4.69) is 27.4 Å². The molecule has 0 radical (unpaired) electrons. The van der Waals surface area contributed by atoms with Crippen molar-refractivity contribution in [3.8, 4) is 0 Å². The Hall–Kier alpha value is -0.0800. The summed E-state index contributed by atoms with van der Waals surface area (Å²) >= 11 is 0. The van der Waals surface area contributed by atoms with Crippen LogP contribution in [0.2, 0.25) is 0 Å². The number of hydrogen-bond acceptors (Lipinski definition) is 3. The molecule has 6 heteroatoms. The van der Waals surface area contributed by atoms with Gasteiger partial charge in [0.2, 0.25) is 0 Å². The third-order valence-electron chi connectivity index (χ3n) is 3.97. The Kier molecular flexibility index (Phi) is 13.5. The molecule has 0 saturated carbocycles. The Morgan fingerprint density at radius 3 is 2.43 bits per heavy atom. The van der Waals surface area contributed by atoms with Crippen molar-refractivity contribution in [2.75, 3.05) is 53.0 Å². The second-order valence-corrected chi connectivity index (χ2v) is 5.29. The lowest BCUT2D eigenvalue weighted by Crippen LogP contribution is -2.40. The highest BCUT2D eigenvalue weighted by Gasteiger charge is 2.17. The number of piperidine rings is 1. The highest BCUT2D eigenvalue weighted by molar-refractivity contribution is 14.0. The van der Waals surface area contributed by atoms with Crippen molar-refractivity contribution in [3.63, 3.8) is 0 Å². The predicted molar refractivity (Wildman–Crippen MR) is 101 cm³/mol. The molecule has 1 saturated heterocycles. The molecule has 0 bridgehead atoms. The standard InChI is InChI=1S/C15H32N4O.HI/c1-4-19-11-7-14(8-12-19)6-9-17-15(16-3)18-10-13-20-5-2;/h14H,4-13H2,1-3H3,(H2,16,17,18);1H. The third-order valence-corrected chi connectivity index (χ3v) is 3.97. The van der Waals surface area contributed by atoms with Crippen LogP contribution in [0.15, 0.2) is 4.99 Å². The summed E-state index contributed by atoms with van der Waals surface area (Å²) in [5.74, 6) is 1.75. The molecule has 1 aliphatic heterocycles. The maximum atomic E-state index is 5.30. The predicted octanol–water partition coefficient (Wildman–Crippen LogP) is 1.93. The average Bonchev–Trinajstić information content (AvgIpc) is 2.50. The van der Waals surface area contributed by atoms with Gasteiger partial charge in [-0.1, -0.05) is 6.92 Å². The Morgan fingerprint density at radius 2 is 1.86 bits per heavy atom. The SMILES string of the molecule is CCOCCNC(=NC)NCCC1CCN(CC)CC1.I. The topological polar surface area (TPSA) is 48.9 Å². The van der Waals surface area contributed by atoms with Gasteiger partial charge in [0.1, 0.15) is 0 Å². The summed E-state index contributed by atoms with van der Waals surface area (Å²) in [5.41, 5.74) is 0. The molecule has 0 amide bonds. The van der Waals surface area contributed by atoms with Gasteiger partial charge >= 0.3 is 0 Å². The minimum Gasteiger partial charge on any atom is -0.380 e. The van der Waals surface area contributed by atoms with Crippen molar-refractivity contribution >= 4 is 29.9 Å². The zero-order valence-electron chi connectivity index (χ0n) is 13.9. The molecule has 0 unspecified atom stereocenters. The maximum Gasteiger partial charge on any atom is 0.191 e. The van der Waals surface area contributed by atoms with Crippen LogP contribution in [0.5, 0.6) is 0 Å². The lowest BCUT2D eigenvalue weighted by molar-refractivity contribution is 0.152. The van der Waals surface area contributed by atoms with Gasteiger partial charge < -0.3 is 20.3 Å². The van der Waals surface area contributed by atoms with E-state index in [-0.39, 0.29) is 24.0 Å². The second-order valence-electron chi connectivity index (χ2n) is 5.29. The average molecular weight is 412 g/mol. The largest absolute Gasteiger partial charge is 0.380 e. The van der Waals surface area contributed by atoms with Gasteiger partial charge in [-0.3, -0.25) is 4.99 Å². The van der Waals surface area contributed by atoms with Crippen LogP contribution in [0.4, 0.5) is 0 Å². The highest BCUT2D eigenvalue weighted by Crippen LogP contribution is 2.19. The fourth-order valence-corrected chi connectivity index (χ4v) is 2.59. The first kappa shape index (κ1) is 20.9. The van der Waals surface area contributed by atoms with E-state index in [1.165, 1.54) is 38.9 Å². The Labute approximate surface area is 147 Å². The molecule has 1 rings (SSSR count). The highest BCUT2D eigenvalue weighted by atomic mass is 127. The summed E-state index contributed by atoms with van der Waals surface area (Å²) in [7, 11) is 1.82. The molecule has 0 aromatic rings. The molecule has 5 nitrogen and oxygen atoms in total. The Bertz CT molecular complexity index is 268. The minimum atomic E-state index is 0. The maximum absolute atomic E-state index is 5.30. The van der Waals surface area contributed by atoms with Crippen molar-refractivity contribution in [1.82, 2.24) is 15.5 Å². The number of aliphatic imine (C=N–C) groups is 1. The molecule has 0 spiro atoms. The molecular formula is C15H33IN4O. The van der Waals surface area contributed by atoms with Gasteiger partial charge in [0.05, 0.1) is 6.61 Å². The molecule has 1 fully saturated rings. The Morgan fingerprint density at radius 1 is 1.19 bits per heavy atom. The van der Waals surface area contributed by atoms with Crippen LogP contribution in [-0.2, 0) is 4.74 Å². The minimum absolute atomic E-state index is 0. The molecule has 0 atom stereocenters. The number of nitrogens with zero attached hydrogens (tertiary/aromatic N) is 2. The van der Waals surface area contributed by atoms with Crippen LogP contribution in [0.1, 0.15) is 33.1 Å². The summed E-state index contributed by atoms with van der Waals surface area (Å²) in [6.07, 6.45) is 3.92. The van der Waals surface area contributed by atoms with E-state index in [4.69, 9.17) is 4.74 Å². The van der Waals surface area contributed by atoms with Crippen LogP contribution in [0.25, 0.3) is 0 Å². The first-order valence-electron chi connectivity index (χ1n) is 8.04. The van der Waals surface area contributed by atoms with E-state index in [0.717, 1.165) is 38.2 Å². The molecule has 2 N–H and O–H groups in total. The summed E-state index contributed by atoms with van der Waals surface area (Å²) in [4.78, 5) is 6.76. The molecule has 0 aromatic heterocycles. The fourth-order valence-electron chi connectivity index (χ4n) is 2.59.